The highest BCUT2D eigenvalue weighted by Gasteiger charge is 2.08. The minimum Gasteiger partial charge on any atom is -0.467 e. The molecule has 19 heavy (non-hydrogen) atoms. The molecule has 102 valence electrons. The zero-order valence-corrected chi connectivity index (χ0v) is 11.9. The summed E-state index contributed by atoms with van der Waals surface area (Å²) in [5, 5.41) is 3.38. The van der Waals surface area contributed by atoms with Crippen LogP contribution in [0.25, 0.3) is 11.1 Å². The Morgan fingerprint density at radius 2 is 1.84 bits per heavy atom. The van der Waals surface area contributed by atoms with Gasteiger partial charge in [0.2, 0.25) is 0 Å². The van der Waals surface area contributed by atoms with E-state index in [1.165, 1.54) is 16.8 Å². The summed E-state index contributed by atoms with van der Waals surface area (Å²) < 4.78 is 5.57. The molecule has 0 aliphatic heterocycles. The molecule has 2 rings (SSSR count). The molecule has 0 aliphatic carbocycles. The van der Waals surface area contributed by atoms with E-state index in [2.05, 4.69) is 41.4 Å². The van der Waals surface area contributed by atoms with Gasteiger partial charge in [-0.2, -0.15) is 0 Å². The van der Waals surface area contributed by atoms with Gasteiger partial charge in [-0.3, -0.25) is 0 Å². The Bertz CT molecular complexity index is 500. The number of anilines is 1. The quantitative estimate of drug-likeness (QED) is 0.804. The van der Waals surface area contributed by atoms with Crippen molar-refractivity contribution in [2.24, 2.45) is 0 Å². The predicted octanol–water partition coefficient (Wildman–Crippen LogP) is 3.51. The third-order valence-electron chi connectivity index (χ3n) is 3.15. The van der Waals surface area contributed by atoms with E-state index in [1.54, 1.807) is 6.26 Å². The molecule has 0 saturated carbocycles. The highest BCUT2D eigenvalue weighted by atomic mass is 16.3. The summed E-state index contributed by atoms with van der Waals surface area (Å²) in [6.07, 6.45) is 2.89. The first-order valence-corrected chi connectivity index (χ1v) is 6.77. The van der Waals surface area contributed by atoms with Gasteiger partial charge in [0.25, 0.3) is 0 Å². The lowest BCUT2D eigenvalue weighted by atomic mass is 10.1. The smallest absolute Gasteiger partial charge is 0.125 e. The summed E-state index contributed by atoms with van der Waals surface area (Å²) in [7, 11) is 4.10. The van der Waals surface area contributed by atoms with Crippen molar-refractivity contribution in [1.29, 1.82) is 0 Å². The van der Waals surface area contributed by atoms with Gasteiger partial charge in [0.15, 0.2) is 0 Å². The summed E-state index contributed by atoms with van der Waals surface area (Å²) in [6, 6.07) is 10.6. The molecule has 0 amide bonds. The van der Waals surface area contributed by atoms with Crippen molar-refractivity contribution in [1.82, 2.24) is 5.32 Å². The average molecular weight is 258 g/mol. The molecule has 0 saturated heterocycles. The van der Waals surface area contributed by atoms with Gasteiger partial charge >= 0.3 is 0 Å². The number of hydrogen-bond acceptors (Lipinski definition) is 3. The van der Waals surface area contributed by atoms with Gasteiger partial charge in [-0.25, -0.2) is 0 Å². The van der Waals surface area contributed by atoms with Crippen molar-refractivity contribution in [3.05, 3.63) is 42.4 Å². The maximum atomic E-state index is 5.57. The first-order valence-electron chi connectivity index (χ1n) is 6.77. The van der Waals surface area contributed by atoms with Crippen LogP contribution in [0, 0.1) is 0 Å². The number of nitrogens with one attached hydrogen (secondary N) is 1. The second-order valence-electron chi connectivity index (χ2n) is 4.88. The molecule has 1 N–H and O–H groups in total. The van der Waals surface area contributed by atoms with Gasteiger partial charge < -0.3 is 14.6 Å². The van der Waals surface area contributed by atoms with E-state index in [9.17, 15) is 0 Å². The van der Waals surface area contributed by atoms with E-state index in [-0.39, 0.29) is 0 Å². The number of hydrogen-bond donors (Lipinski definition) is 1. The average Bonchev–Trinajstić information content (AvgIpc) is 2.87. The first kappa shape index (κ1) is 13.7. The van der Waals surface area contributed by atoms with Gasteiger partial charge in [-0.1, -0.05) is 19.1 Å². The number of furan rings is 1. The lowest BCUT2D eigenvalue weighted by molar-refractivity contribution is 0.484. The topological polar surface area (TPSA) is 28.4 Å². The van der Waals surface area contributed by atoms with Crippen molar-refractivity contribution in [3.8, 4) is 11.1 Å². The SMILES string of the molecule is CCCNCc1occc1-c1ccc(N(C)C)cc1. The van der Waals surface area contributed by atoms with Crippen LogP contribution in [0.1, 0.15) is 19.1 Å². The van der Waals surface area contributed by atoms with Gasteiger partial charge in [0.05, 0.1) is 12.8 Å². The maximum Gasteiger partial charge on any atom is 0.125 e. The van der Waals surface area contributed by atoms with E-state index < -0.39 is 0 Å². The summed E-state index contributed by atoms with van der Waals surface area (Å²) in [5.74, 6) is 1.01. The van der Waals surface area contributed by atoms with Crippen molar-refractivity contribution in [2.45, 2.75) is 19.9 Å². The summed E-state index contributed by atoms with van der Waals surface area (Å²) in [4.78, 5) is 2.10. The standard InChI is InChI=1S/C16H22N2O/c1-4-10-17-12-16-15(9-11-19-16)13-5-7-14(8-6-13)18(2)3/h5-9,11,17H,4,10,12H2,1-3H3. The van der Waals surface area contributed by atoms with Gasteiger partial charge in [-0.15, -0.1) is 0 Å². The Morgan fingerprint density at radius 3 is 2.47 bits per heavy atom. The molecule has 3 nitrogen and oxygen atoms in total. The molecule has 0 unspecified atom stereocenters. The number of benzene rings is 1. The van der Waals surface area contributed by atoms with Crippen LogP contribution < -0.4 is 10.2 Å². The van der Waals surface area contributed by atoms with E-state index in [1.807, 2.05) is 20.2 Å². The van der Waals surface area contributed by atoms with Crippen LogP contribution in [-0.2, 0) is 6.54 Å². The Balaban J connectivity index is 2.15. The Labute approximate surface area is 115 Å². The zero-order chi connectivity index (χ0) is 13.7. The molecular formula is C16H22N2O. The molecule has 1 heterocycles. The maximum absolute atomic E-state index is 5.57. The third-order valence-corrected chi connectivity index (χ3v) is 3.15. The van der Waals surface area contributed by atoms with Crippen LogP contribution in [0.5, 0.6) is 0 Å². The van der Waals surface area contributed by atoms with E-state index in [0.29, 0.717) is 0 Å². The molecule has 0 radical (unpaired) electrons. The van der Waals surface area contributed by atoms with Crippen LogP contribution in [0.3, 0.4) is 0 Å². The first-order chi connectivity index (χ1) is 9.22. The Hall–Kier alpha value is -1.74. The van der Waals surface area contributed by atoms with E-state index in [4.69, 9.17) is 4.42 Å². The fourth-order valence-electron chi connectivity index (χ4n) is 2.05. The molecule has 0 aliphatic rings. The normalized spacial score (nSPS) is 10.7. The van der Waals surface area contributed by atoms with Crippen molar-refractivity contribution in [2.75, 3.05) is 25.5 Å². The predicted molar refractivity (Wildman–Crippen MR) is 80.5 cm³/mol. The molecule has 1 aromatic heterocycles. The molecule has 1 aromatic carbocycles. The largest absolute Gasteiger partial charge is 0.467 e. The molecule has 0 spiro atoms. The molecule has 3 heteroatoms. The van der Waals surface area contributed by atoms with Crippen LogP contribution in [0.2, 0.25) is 0 Å². The minimum absolute atomic E-state index is 0.783. The molecule has 0 atom stereocenters. The fraction of sp³-hybridized carbons (Fsp3) is 0.375. The zero-order valence-electron chi connectivity index (χ0n) is 11.9. The lowest BCUT2D eigenvalue weighted by Crippen LogP contribution is -2.13. The second kappa shape index (κ2) is 6.43. The summed E-state index contributed by atoms with van der Waals surface area (Å²) >= 11 is 0. The molecule has 0 fully saturated rings. The van der Waals surface area contributed by atoms with Crippen LogP contribution >= 0.6 is 0 Å². The minimum atomic E-state index is 0.783. The van der Waals surface area contributed by atoms with Crippen molar-refractivity contribution in [3.63, 3.8) is 0 Å². The van der Waals surface area contributed by atoms with Gasteiger partial charge in [0, 0.05) is 25.3 Å². The fourth-order valence-corrected chi connectivity index (χ4v) is 2.05. The van der Waals surface area contributed by atoms with Gasteiger partial charge in [0.1, 0.15) is 5.76 Å². The highest BCUT2D eigenvalue weighted by molar-refractivity contribution is 5.67. The van der Waals surface area contributed by atoms with E-state index in [0.717, 1.165) is 25.3 Å². The molecule has 0 bridgehead atoms. The number of nitrogens with zero attached hydrogens (tertiary/aromatic N) is 1. The van der Waals surface area contributed by atoms with Crippen molar-refractivity contribution < 1.29 is 4.42 Å². The Kier molecular flexibility index (Phi) is 4.63. The molecule has 2 aromatic rings. The summed E-state index contributed by atoms with van der Waals surface area (Å²) in [6.45, 7) is 3.96. The Morgan fingerprint density at radius 1 is 1.11 bits per heavy atom. The van der Waals surface area contributed by atoms with Gasteiger partial charge in [-0.05, 0) is 36.7 Å². The highest BCUT2D eigenvalue weighted by Crippen LogP contribution is 2.26. The van der Waals surface area contributed by atoms with Crippen LogP contribution in [-0.4, -0.2) is 20.6 Å². The molecular weight excluding hydrogens is 236 g/mol. The van der Waals surface area contributed by atoms with Crippen LogP contribution in [0.4, 0.5) is 5.69 Å². The second-order valence-corrected chi connectivity index (χ2v) is 4.88. The van der Waals surface area contributed by atoms with Crippen molar-refractivity contribution >= 4 is 5.69 Å². The third kappa shape index (κ3) is 3.38. The summed E-state index contributed by atoms with van der Waals surface area (Å²) in [5.41, 5.74) is 3.58. The number of rotatable bonds is 6. The monoisotopic (exact) mass is 258 g/mol. The van der Waals surface area contributed by atoms with Crippen LogP contribution in [0.15, 0.2) is 41.0 Å². The lowest BCUT2D eigenvalue weighted by Gasteiger charge is -2.12. The van der Waals surface area contributed by atoms with E-state index >= 15 is 0 Å².